The quantitative estimate of drug-likeness (QED) is 0.0296. The first kappa shape index (κ1) is 51.8. The molecule has 0 radical (unpaired) electrons. The zero-order chi connectivity index (χ0) is 42.4. The third-order valence-corrected chi connectivity index (χ3v) is 9.81. The molecule has 2 heterocycles. The van der Waals surface area contributed by atoms with Gasteiger partial charge in [0.05, 0.1) is 33.0 Å². The minimum atomic E-state index is -1.72. The van der Waals surface area contributed by atoms with Gasteiger partial charge in [-0.1, -0.05) is 120 Å². The maximum atomic E-state index is 12.8. The number of hydrogen-bond acceptors (Lipinski definition) is 14. The number of allylic oxidation sites excluding steroid dienone is 9. The minimum absolute atomic E-state index is 0.00547. The summed E-state index contributed by atoms with van der Waals surface area (Å²) in [5.41, 5.74) is 0. The fourth-order valence-corrected chi connectivity index (χ4v) is 6.29. The van der Waals surface area contributed by atoms with E-state index in [0.29, 0.717) is 19.4 Å². The average Bonchev–Trinajstić information content (AvgIpc) is 3.22. The SMILES string of the molecule is CC/C=C\C/C=C\C/C=C\C/C=C\C/C=C\CCOCC(COC1OC(COC2OC(CO)C(O)C(O)C2O)C(O)C(O)C1O)OC(=O)CCCCCCCCCC. The molecule has 0 bridgehead atoms. The van der Waals surface area contributed by atoms with E-state index in [4.69, 9.17) is 28.4 Å². The molecule has 2 rings (SSSR count). The maximum Gasteiger partial charge on any atom is 0.306 e. The molecule has 0 aliphatic carbocycles. The highest BCUT2D eigenvalue weighted by Gasteiger charge is 2.47. The summed E-state index contributed by atoms with van der Waals surface area (Å²) in [6.45, 7) is 3.27. The summed E-state index contributed by atoms with van der Waals surface area (Å²) in [6, 6.07) is 0. The number of esters is 1. The molecule has 58 heavy (non-hydrogen) atoms. The van der Waals surface area contributed by atoms with Crippen LogP contribution in [0.4, 0.5) is 0 Å². The third kappa shape index (κ3) is 21.3. The van der Waals surface area contributed by atoms with Crippen molar-refractivity contribution in [3.8, 4) is 0 Å². The molecule has 14 nitrogen and oxygen atoms in total. The lowest BCUT2D eigenvalue weighted by Crippen LogP contribution is -2.61. The Morgan fingerprint density at radius 1 is 0.586 bits per heavy atom. The van der Waals surface area contributed by atoms with Crippen LogP contribution < -0.4 is 0 Å². The first-order chi connectivity index (χ1) is 28.1. The van der Waals surface area contributed by atoms with Crippen LogP contribution in [0.5, 0.6) is 0 Å². The number of ether oxygens (including phenoxy) is 6. The summed E-state index contributed by atoms with van der Waals surface area (Å²) in [6.07, 6.45) is 19.1. The Balaban J connectivity index is 1.86. The summed E-state index contributed by atoms with van der Waals surface area (Å²) in [4.78, 5) is 12.8. The lowest BCUT2D eigenvalue weighted by Gasteiger charge is -2.42. The van der Waals surface area contributed by atoms with Gasteiger partial charge in [-0.2, -0.15) is 0 Å². The topological polar surface area (TPSA) is 214 Å². The zero-order valence-electron chi connectivity index (χ0n) is 34.8. The van der Waals surface area contributed by atoms with Gasteiger partial charge in [0.1, 0.15) is 54.9 Å². The van der Waals surface area contributed by atoms with E-state index >= 15 is 0 Å². The summed E-state index contributed by atoms with van der Waals surface area (Å²) < 4.78 is 33.9. The van der Waals surface area contributed by atoms with Gasteiger partial charge in [-0.15, -0.1) is 0 Å². The van der Waals surface area contributed by atoms with Crippen molar-refractivity contribution in [3.63, 3.8) is 0 Å². The van der Waals surface area contributed by atoms with Gasteiger partial charge in [0, 0.05) is 6.42 Å². The van der Waals surface area contributed by atoms with Crippen LogP contribution >= 0.6 is 0 Å². The molecule has 2 aliphatic rings. The molecule has 0 spiro atoms. The molecular formula is C44H74O14. The smallest absolute Gasteiger partial charge is 0.306 e. The summed E-state index contributed by atoms with van der Waals surface area (Å²) in [7, 11) is 0. The van der Waals surface area contributed by atoms with Crippen molar-refractivity contribution in [2.75, 3.05) is 33.0 Å². The van der Waals surface area contributed by atoms with E-state index in [0.717, 1.165) is 51.4 Å². The van der Waals surface area contributed by atoms with Gasteiger partial charge in [-0.3, -0.25) is 4.79 Å². The van der Waals surface area contributed by atoms with E-state index in [9.17, 15) is 40.5 Å². The molecule has 11 unspecified atom stereocenters. The predicted octanol–water partition coefficient (Wildman–Crippen LogP) is 4.23. The largest absolute Gasteiger partial charge is 0.457 e. The first-order valence-corrected chi connectivity index (χ1v) is 21.4. The number of carbonyl (C=O) groups excluding carboxylic acids is 1. The van der Waals surface area contributed by atoms with E-state index in [1.54, 1.807) is 0 Å². The van der Waals surface area contributed by atoms with Crippen LogP contribution in [-0.4, -0.2) is 142 Å². The van der Waals surface area contributed by atoms with Crippen LogP contribution in [0.1, 0.15) is 110 Å². The molecule has 0 aromatic heterocycles. The van der Waals surface area contributed by atoms with E-state index in [1.807, 2.05) is 6.08 Å². The molecular weight excluding hydrogens is 752 g/mol. The van der Waals surface area contributed by atoms with Gasteiger partial charge in [0.25, 0.3) is 0 Å². The Morgan fingerprint density at radius 2 is 1.09 bits per heavy atom. The highest BCUT2D eigenvalue weighted by atomic mass is 16.7. The molecule has 2 fully saturated rings. The Bertz CT molecular complexity index is 1190. The number of rotatable bonds is 31. The third-order valence-electron chi connectivity index (χ3n) is 9.81. The molecule has 14 heteroatoms. The van der Waals surface area contributed by atoms with E-state index < -0.39 is 86.7 Å². The number of unbranched alkanes of at least 4 members (excludes halogenated alkanes) is 7. The molecule has 0 aromatic rings. The van der Waals surface area contributed by atoms with Crippen molar-refractivity contribution in [1.82, 2.24) is 0 Å². The Kier molecular flexibility index (Phi) is 29.0. The molecule has 11 atom stereocenters. The van der Waals surface area contributed by atoms with Crippen molar-refractivity contribution < 1.29 is 69.0 Å². The highest BCUT2D eigenvalue weighted by Crippen LogP contribution is 2.26. The molecule has 0 aromatic carbocycles. The number of aliphatic hydroxyl groups is 7. The Morgan fingerprint density at radius 3 is 1.66 bits per heavy atom. The molecule has 334 valence electrons. The van der Waals surface area contributed by atoms with Crippen molar-refractivity contribution in [3.05, 3.63) is 60.8 Å². The predicted molar refractivity (Wildman–Crippen MR) is 219 cm³/mol. The molecule has 0 amide bonds. The zero-order valence-corrected chi connectivity index (χ0v) is 34.8. The van der Waals surface area contributed by atoms with Gasteiger partial charge in [-0.25, -0.2) is 0 Å². The standard InChI is InChI=1S/C44H74O14/c1-3-5-7-9-11-13-14-15-16-17-18-19-20-22-24-26-28-53-30-33(56-36(46)27-25-23-21-12-10-8-6-4-2)31-54-43-42(52)40(50)38(48)35(58-43)32-55-44-41(51)39(49)37(47)34(29-45)57-44/h5,7,11,13,15-16,18-19,22,24,33-35,37-45,47-52H,3-4,6,8-10,12,14,17,20-21,23,25-32H2,1-2H3/b7-5-,13-11-,16-15-,19-18-,24-22-. The summed E-state index contributed by atoms with van der Waals surface area (Å²) in [5.74, 6) is -0.410. The average molecular weight is 827 g/mol. The van der Waals surface area contributed by atoms with E-state index in [1.165, 1.54) is 25.7 Å². The van der Waals surface area contributed by atoms with Gasteiger partial charge >= 0.3 is 5.97 Å². The van der Waals surface area contributed by atoms with Crippen molar-refractivity contribution in [2.45, 2.75) is 178 Å². The summed E-state index contributed by atoms with van der Waals surface area (Å²) >= 11 is 0. The molecule has 0 saturated carbocycles. The van der Waals surface area contributed by atoms with E-state index in [-0.39, 0.29) is 19.6 Å². The second-order valence-electron chi connectivity index (χ2n) is 14.8. The van der Waals surface area contributed by atoms with Crippen LogP contribution in [0, 0.1) is 0 Å². The fraction of sp³-hybridized carbons (Fsp3) is 0.750. The number of carbonyl (C=O) groups is 1. The summed E-state index contributed by atoms with van der Waals surface area (Å²) in [5, 5.41) is 71.7. The lowest BCUT2D eigenvalue weighted by molar-refractivity contribution is -0.332. The molecule has 2 aliphatic heterocycles. The van der Waals surface area contributed by atoms with Crippen molar-refractivity contribution in [1.29, 1.82) is 0 Å². The maximum absolute atomic E-state index is 12.8. The van der Waals surface area contributed by atoms with Crippen LogP contribution in [-0.2, 0) is 33.2 Å². The minimum Gasteiger partial charge on any atom is -0.457 e. The van der Waals surface area contributed by atoms with E-state index in [2.05, 4.69) is 68.5 Å². The fourth-order valence-electron chi connectivity index (χ4n) is 6.29. The molecule has 2 saturated heterocycles. The Hall–Kier alpha value is -2.31. The van der Waals surface area contributed by atoms with Crippen molar-refractivity contribution in [2.24, 2.45) is 0 Å². The van der Waals surface area contributed by atoms with Crippen LogP contribution in [0.15, 0.2) is 60.8 Å². The lowest BCUT2D eigenvalue weighted by atomic mass is 9.98. The highest BCUT2D eigenvalue weighted by molar-refractivity contribution is 5.69. The van der Waals surface area contributed by atoms with Gasteiger partial charge in [0.2, 0.25) is 0 Å². The van der Waals surface area contributed by atoms with Crippen LogP contribution in [0.25, 0.3) is 0 Å². The van der Waals surface area contributed by atoms with Crippen LogP contribution in [0.3, 0.4) is 0 Å². The Labute approximate surface area is 345 Å². The van der Waals surface area contributed by atoms with Crippen molar-refractivity contribution >= 4 is 5.97 Å². The second-order valence-corrected chi connectivity index (χ2v) is 14.8. The monoisotopic (exact) mass is 827 g/mol. The number of hydrogen-bond donors (Lipinski definition) is 7. The molecule has 7 N–H and O–H groups in total. The first-order valence-electron chi connectivity index (χ1n) is 21.4. The normalized spacial score (nSPS) is 28.8. The number of aliphatic hydroxyl groups excluding tert-OH is 7. The van der Waals surface area contributed by atoms with Crippen LogP contribution in [0.2, 0.25) is 0 Å². The van der Waals surface area contributed by atoms with Gasteiger partial charge in [-0.05, 0) is 44.9 Å². The second kappa shape index (κ2) is 32.5. The van der Waals surface area contributed by atoms with Gasteiger partial charge < -0.3 is 64.2 Å². The van der Waals surface area contributed by atoms with Gasteiger partial charge in [0.15, 0.2) is 12.6 Å².